The van der Waals surface area contributed by atoms with E-state index in [0.29, 0.717) is 18.4 Å². The monoisotopic (exact) mass is 262 g/mol. The molecule has 1 aliphatic heterocycles. The Kier molecular flexibility index (Phi) is 3.26. The second kappa shape index (κ2) is 4.49. The van der Waals surface area contributed by atoms with Gasteiger partial charge < -0.3 is 5.21 Å². The number of hydrogen-bond donors (Lipinski definition) is 0. The van der Waals surface area contributed by atoms with Crippen LogP contribution in [0, 0.1) is 5.21 Å². The van der Waals surface area contributed by atoms with Gasteiger partial charge >= 0.3 is 5.84 Å². The van der Waals surface area contributed by atoms with Gasteiger partial charge in [0.15, 0.2) is 11.1 Å². The molecule has 0 amide bonds. The van der Waals surface area contributed by atoms with E-state index in [1.807, 2.05) is 27.7 Å². The first kappa shape index (κ1) is 13.8. The molecule has 1 aliphatic rings. The van der Waals surface area contributed by atoms with Gasteiger partial charge in [-0.05, 0) is 38.8 Å². The fraction of sp³-hybridized carbons (Fsp3) is 0.571. The number of hydrogen-bond acceptors (Lipinski definition) is 3. The second-order valence-corrected chi connectivity index (χ2v) is 5.41. The van der Waals surface area contributed by atoms with Gasteiger partial charge in [-0.1, -0.05) is 18.9 Å². The SMILES string of the molecule is CC[C@@]1(C)N([O])C(c2cccnc2)=[N+]([O-])[C@]1(C)CC. The highest BCUT2D eigenvalue weighted by Crippen LogP contribution is 2.42. The van der Waals surface area contributed by atoms with Crippen molar-refractivity contribution in [2.24, 2.45) is 0 Å². The summed E-state index contributed by atoms with van der Waals surface area (Å²) in [6.07, 6.45) is 4.41. The third kappa shape index (κ3) is 1.64. The normalized spacial score (nSPS) is 31.1. The van der Waals surface area contributed by atoms with E-state index < -0.39 is 11.1 Å². The summed E-state index contributed by atoms with van der Waals surface area (Å²) < 4.78 is 0.876. The van der Waals surface area contributed by atoms with Crippen LogP contribution in [0.2, 0.25) is 0 Å². The van der Waals surface area contributed by atoms with E-state index in [4.69, 9.17) is 0 Å². The Bertz CT molecular complexity index is 503. The van der Waals surface area contributed by atoms with Gasteiger partial charge in [0.2, 0.25) is 0 Å². The third-order valence-electron chi connectivity index (χ3n) is 4.74. The summed E-state index contributed by atoms with van der Waals surface area (Å²) in [5.74, 6) is 0.168. The fourth-order valence-corrected chi connectivity index (χ4v) is 2.77. The van der Waals surface area contributed by atoms with Gasteiger partial charge in [-0.3, -0.25) is 9.72 Å². The van der Waals surface area contributed by atoms with Crippen LogP contribution < -0.4 is 0 Å². The average Bonchev–Trinajstić information content (AvgIpc) is 2.60. The minimum Gasteiger partial charge on any atom is -0.714 e. The first-order chi connectivity index (χ1) is 8.92. The zero-order valence-corrected chi connectivity index (χ0v) is 11.9. The van der Waals surface area contributed by atoms with Crippen LogP contribution in [0.25, 0.3) is 0 Å². The first-order valence-corrected chi connectivity index (χ1v) is 6.64. The lowest BCUT2D eigenvalue weighted by Gasteiger charge is -2.37. The quantitative estimate of drug-likeness (QED) is 0.620. The summed E-state index contributed by atoms with van der Waals surface area (Å²) >= 11 is 0. The molecule has 0 N–H and O–H groups in total. The Morgan fingerprint density at radius 1 is 1.37 bits per heavy atom. The Balaban J connectivity index is 2.62. The summed E-state index contributed by atoms with van der Waals surface area (Å²) in [6, 6.07) is 3.48. The van der Waals surface area contributed by atoms with Crippen LogP contribution in [0.1, 0.15) is 46.1 Å². The Labute approximate surface area is 113 Å². The fourth-order valence-electron chi connectivity index (χ4n) is 2.77. The lowest BCUT2D eigenvalue weighted by atomic mass is 9.77. The molecule has 0 saturated carbocycles. The summed E-state index contributed by atoms with van der Waals surface area (Å²) in [5.41, 5.74) is -0.882. The second-order valence-electron chi connectivity index (χ2n) is 5.41. The van der Waals surface area contributed by atoms with Gasteiger partial charge in [0.1, 0.15) is 0 Å². The minimum absolute atomic E-state index is 0.168. The van der Waals surface area contributed by atoms with Crippen LogP contribution in [0.3, 0.4) is 0 Å². The Morgan fingerprint density at radius 3 is 2.47 bits per heavy atom. The van der Waals surface area contributed by atoms with Crippen LogP contribution in [0.4, 0.5) is 0 Å². The van der Waals surface area contributed by atoms with Gasteiger partial charge in [-0.25, -0.2) is 0 Å². The van der Waals surface area contributed by atoms with Crippen molar-refractivity contribution in [3.05, 3.63) is 35.3 Å². The number of aromatic nitrogens is 1. The molecule has 19 heavy (non-hydrogen) atoms. The van der Waals surface area contributed by atoms with Crippen molar-refractivity contribution in [1.82, 2.24) is 10.0 Å². The Morgan fingerprint density at radius 2 is 2.05 bits per heavy atom. The van der Waals surface area contributed by atoms with Crippen molar-refractivity contribution in [1.29, 1.82) is 0 Å². The maximum atomic E-state index is 12.7. The molecule has 5 heteroatoms. The van der Waals surface area contributed by atoms with Crippen molar-refractivity contribution in [3.8, 4) is 0 Å². The topological polar surface area (TPSA) is 62.1 Å². The number of nitrogens with zero attached hydrogens (tertiary/aromatic N) is 3. The van der Waals surface area contributed by atoms with Gasteiger partial charge in [0.05, 0.1) is 5.56 Å². The highest BCUT2D eigenvalue weighted by Gasteiger charge is 2.63. The molecule has 0 unspecified atom stereocenters. The molecule has 1 aromatic heterocycles. The smallest absolute Gasteiger partial charge is 0.318 e. The van der Waals surface area contributed by atoms with E-state index in [1.54, 1.807) is 24.5 Å². The minimum atomic E-state index is -0.728. The maximum absolute atomic E-state index is 12.7. The van der Waals surface area contributed by atoms with Crippen molar-refractivity contribution in [2.75, 3.05) is 0 Å². The predicted molar refractivity (Wildman–Crippen MR) is 71.9 cm³/mol. The van der Waals surface area contributed by atoms with E-state index in [2.05, 4.69) is 4.98 Å². The van der Waals surface area contributed by atoms with Crippen molar-refractivity contribution in [3.63, 3.8) is 0 Å². The summed E-state index contributed by atoms with van der Waals surface area (Å²) in [5, 5.41) is 26.2. The number of hydroxylamine groups is 3. The molecule has 1 radical (unpaired) electrons. The molecule has 2 atom stereocenters. The van der Waals surface area contributed by atoms with Crippen LogP contribution >= 0.6 is 0 Å². The van der Waals surface area contributed by atoms with Crippen LogP contribution in [-0.4, -0.2) is 31.7 Å². The maximum Gasteiger partial charge on any atom is 0.318 e. The molecule has 0 saturated heterocycles. The molecule has 103 valence electrons. The van der Waals surface area contributed by atoms with E-state index in [-0.39, 0.29) is 5.84 Å². The molecule has 1 aromatic rings. The number of rotatable bonds is 3. The van der Waals surface area contributed by atoms with Gasteiger partial charge in [-0.2, -0.15) is 0 Å². The summed E-state index contributed by atoms with van der Waals surface area (Å²) in [4.78, 5) is 3.99. The van der Waals surface area contributed by atoms with Gasteiger partial charge in [0.25, 0.3) is 0 Å². The van der Waals surface area contributed by atoms with E-state index >= 15 is 0 Å². The predicted octanol–water partition coefficient (Wildman–Crippen LogP) is 2.34. The van der Waals surface area contributed by atoms with E-state index in [1.165, 1.54) is 0 Å². The van der Waals surface area contributed by atoms with Crippen molar-refractivity contribution < 1.29 is 9.95 Å². The van der Waals surface area contributed by atoms with E-state index in [0.717, 1.165) is 9.80 Å². The number of pyridine rings is 1. The highest BCUT2D eigenvalue weighted by molar-refractivity contribution is 5.95. The lowest BCUT2D eigenvalue weighted by Crippen LogP contribution is -2.56. The highest BCUT2D eigenvalue weighted by atomic mass is 16.5. The zero-order valence-electron chi connectivity index (χ0n) is 11.9. The molecular formula is C14H20N3O2. The van der Waals surface area contributed by atoms with E-state index in [9.17, 15) is 10.4 Å². The summed E-state index contributed by atoms with van der Waals surface area (Å²) in [6.45, 7) is 7.60. The lowest BCUT2D eigenvalue weighted by molar-refractivity contribution is -0.546. The first-order valence-electron chi connectivity index (χ1n) is 6.64. The van der Waals surface area contributed by atoms with Crippen LogP contribution in [0.15, 0.2) is 24.5 Å². The molecule has 2 rings (SSSR count). The molecule has 0 aliphatic carbocycles. The molecule has 0 spiro atoms. The molecule has 0 aromatic carbocycles. The van der Waals surface area contributed by atoms with Crippen LogP contribution in [-0.2, 0) is 5.21 Å². The number of amidine groups is 1. The van der Waals surface area contributed by atoms with Crippen LogP contribution in [0.5, 0.6) is 0 Å². The molecular weight excluding hydrogens is 242 g/mol. The zero-order chi connectivity index (χ0) is 14.3. The average molecular weight is 262 g/mol. The summed E-state index contributed by atoms with van der Waals surface area (Å²) in [7, 11) is 0. The standard InChI is InChI=1S/C14H20N3O2/c1-5-13(3)14(4,6-2)17(19)12(16(13)18)11-8-7-9-15-10-11/h7-10H,5-6H2,1-4H3/t13-,14-/m1/s1. The molecule has 2 heterocycles. The van der Waals surface area contributed by atoms with Gasteiger partial charge in [-0.15, -0.1) is 0 Å². The largest absolute Gasteiger partial charge is 0.714 e. The Hall–Kier alpha value is -1.62. The molecule has 5 nitrogen and oxygen atoms in total. The van der Waals surface area contributed by atoms with Gasteiger partial charge in [0, 0.05) is 17.6 Å². The molecule has 0 bridgehead atoms. The molecule has 0 fully saturated rings. The van der Waals surface area contributed by atoms with Crippen molar-refractivity contribution >= 4 is 5.84 Å². The van der Waals surface area contributed by atoms with Crippen molar-refractivity contribution in [2.45, 2.75) is 51.6 Å². The third-order valence-corrected chi connectivity index (χ3v) is 4.74.